The van der Waals surface area contributed by atoms with Crippen molar-refractivity contribution >= 4 is 11.8 Å². The lowest BCUT2D eigenvalue weighted by Gasteiger charge is -2.32. The minimum Gasteiger partial charge on any atom is -0.493 e. The molecule has 0 aromatic heterocycles. The minimum absolute atomic E-state index is 0.165. The summed E-state index contributed by atoms with van der Waals surface area (Å²) in [7, 11) is 1.54. The van der Waals surface area contributed by atoms with Crippen molar-refractivity contribution in [2.75, 3.05) is 7.11 Å². The van der Waals surface area contributed by atoms with Gasteiger partial charge in [0, 0.05) is 11.3 Å². The van der Waals surface area contributed by atoms with E-state index in [1.54, 1.807) is 32.2 Å². The molecule has 0 radical (unpaired) electrons. The smallest absolute Gasteiger partial charge is 0.336 e. The number of hydrogen-bond donors (Lipinski definition) is 2. The van der Waals surface area contributed by atoms with E-state index in [4.69, 9.17) is 15.3 Å². The first kappa shape index (κ1) is 19.4. The summed E-state index contributed by atoms with van der Waals surface area (Å²) in [6.07, 6.45) is 0. The largest absolute Gasteiger partial charge is 0.493 e. The van der Waals surface area contributed by atoms with Crippen molar-refractivity contribution in [3.05, 3.63) is 70.9 Å². The van der Waals surface area contributed by atoms with Crippen LogP contribution in [-0.4, -0.2) is 23.9 Å². The Bertz CT molecular complexity index is 925. The van der Waals surface area contributed by atoms with Gasteiger partial charge in [-0.15, -0.1) is 0 Å². The number of carbonyl (C=O) groups is 2. The Hall–Kier alpha value is -3.32. The number of allylic oxidation sites excluding steroid dienone is 1. The van der Waals surface area contributed by atoms with Crippen molar-refractivity contribution in [1.82, 2.24) is 10.3 Å². The van der Waals surface area contributed by atoms with Gasteiger partial charge in [-0.25, -0.2) is 15.6 Å². The van der Waals surface area contributed by atoms with Crippen LogP contribution in [0.15, 0.2) is 59.8 Å². The molecule has 1 atom stereocenters. The molecule has 3 N–H and O–H groups in total. The fraction of sp³-hybridized carbons (Fsp3) is 0.238. The molecular weight excluding hydrogens is 358 g/mol. The molecule has 1 heterocycles. The van der Waals surface area contributed by atoms with Gasteiger partial charge in [0.2, 0.25) is 0 Å². The quantitative estimate of drug-likeness (QED) is 0.592. The number of Topliss-reactive ketones (excluding diaryl/α,β-unsaturated/α-hetero) is 1. The first-order valence-corrected chi connectivity index (χ1v) is 8.84. The molecule has 0 aliphatic carbocycles. The highest BCUT2D eigenvalue weighted by atomic mass is 16.5. The Kier molecular flexibility index (Phi) is 5.65. The molecule has 0 bridgehead atoms. The lowest BCUT2D eigenvalue weighted by atomic mass is 9.92. The van der Waals surface area contributed by atoms with Gasteiger partial charge in [-0.3, -0.25) is 4.79 Å². The third kappa shape index (κ3) is 3.84. The Labute approximate surface area is 163 Å². The number of hydrazine groups is 1. The summed E-state index contributed by atoms with van der Waals surface area (Å²) in [5, 5.41) is 3.71. The predicted octanol–water partition coefficient (Wildman–Crippen LogP) is 3.08. The number of nitrogens with one attached hydrogen (secondary N) is 1. The molecule has 3 rings (SSSR count). The van der Waals surface area contributed by atoms with Crippen LogP contribution in [-0.2, 0) is 11.4 Å². The lowest BCUT2D eigenvalue weighted by Crippen LogP contribution is -2.50. The first-order chi connectivity index (χ1) is 13.4. The van der Waals surface area contributed by atoms with Crippen molar-refractivity contribution < 1.29 is 19.1 Å². The van der Waals surface area contributed by atoms with E-state index in [-0.39, 0.29) is 5.78 Å². The summed E-state index contributed by atoms with van der Waals surface area (Å²) in [6.45, 7) is 3.50. The molecule has 1 aliphatic rings. The first-order valence-electron chi connectivity index (χ1n) is 8.84. The van der Waals surface area contributed by atoms with Gasteiger partial charge in [0.05, 0.1) is 13.2 Å². The van der Waals surface area contributed by atoms with E-state index < -0.39 is 12.1 Å². The molecule has 7 heteroatoms. The van der Waals surface area contributed by atoms with E-state index in [1.165, 1.54) is 6.92 Å². The van der Waals surface area contributed by atoms with Gasteiger partial charge < -0.3 is 14.8 Å². The van der Waals surface area contributed by atoms with Gasteiger partial charge in [-0.05, 0) is 37.1 Å². The van der Waals surface area contributed by atoms with Crippen LogP contribution in [0, 0.1) is 0 Å². The number of hydrogen-bond acceptors (Lipinski definition) is 5. The molecule has 1 aliphatic heterocycles. The van der Waals surface area contributed by atoms with Crippen molar-refractivity contribution in [2.24, 2.45) is 5.84 Å². The van der Waals surface area contributed by atoms with Gasteiger partial charge in [0.25, 0.3) is 0 Å². The number of nitrogens with two attached hydrogens (primary N) is 1. The van der Waals surface area contributed by atoms with E-state index in [0.29, 0.717) is 34.9 Å². The average molecular weight is 381 g/mol. The SMILES string of the molecule is COc1cc([C@@H]2NC(=O)N(N)C(C)=C2C(C)=O)ccc1OCc1ccccc1. The Balaban J connectivity index is 1.90. The maximum Gasteiger partial charge on any atom is 0.336 e. The Morgan fingerprint density at radius 1 is 1.18 bits per heavy atom. The maximum absolute atomic E-state index is 12.2. The third-order valence-corrected chi connectivity index (χ3v) is 4.66. The topological polar surface area (TPSA) is 93.9 Å². The normalized spacial score (nSPS) is 16.6. The van der Waals surface area contributed by atoms with Gasteiger partial charge in [0.15, 0.2) is 17.3 Å². The second kappa shape index (κ2) is 8.14. The number of benzene rings is 2. The molecule has 0 fully saturated rings. The monoisotopic (exact) mass is 381 g/mol. The van der Waals surface area contributed by atoms with Crippen LogP contribution in [0.5, 0.6) is 11.5 Å². The summed E-state index contributed by atoms with van der Waals surface area (Å²) >= 11 is 0. The minimum atomic E-state index is -0.609. The van der Waals surface area contributed by atoms with E-state index in [1.807, 2.05) is 30.3 Å². The predicted molar refractivity (Wildman–Crippen MR) is 104 cm³/mol. The Morgan fingerprint density at radius 3 is 2.54 bits per heavy atom. The third-order valence-electron chi connectivity index (χ3n) is 4.66. The summed E-state index contributed by atoms with van der Waals surface area (Å²) in [4.78, 5) is 24.3. The van der Waals surface area contributed by atoms with Crippen LogP contribution in [0.25, 0.3) is 0 Å². The van der Waals surface area contributed by atoms with Crippen molar-refractivity contribution in [1.29, 1.82) is 0 Å². The van der Waals surface area contributed by atoms with Gasteiger partial charge in [-0.1, -0.05) is 36.4 Å². The summed E-state index contributed by atoms with van der Waals surface area (Å²) in [5.41, 5.74) is 2.59. The fourth-order valence-electron chi connectivity index (χ4n) is 3.18. The summed E-state index contributed by atoms with van der Waals surface area (Å²) in [6, 6.07) is 14.0. The number of urea groups is 1. The number of ketones is 1. The number of nitrogens with zero attached hydrogens (tertiary/aromatic N) is 1. The van der Waals surface area contributed by atoms with Crippen molar-refractivity contribution in [3.8, 4) is 11.5 Å². The zero-order valence-corrected chi connectivity index (χ0v) is 16.1. The molecule has 2 aromatic carbocycles. The molecule has 2 aromatic rings. The highest BCUT2D eigenvalue weighted by molar-refractivity contribution is 5.98. The van der Waals surface area contributed by atoms with Crippen LogP contribution in [0.2, 0.25) is 0 Å². The van der Waals surface area contributed by atoms with E-state index in [9.17, 15) is 9.59 Å². The number of amides is 2. The summed E-state index contributed by atoms with van der Waals surface area (Å²) < 4.78 is 11.3. The van der Waals surface area contributed by atoms with Gasteiger partial charge >= 0.3 is 6.03 Å². The van der Waals surface area contributed by atoms with Crippen molar-refractivity contribution in [3.63, 3.8) is 0 Å². The molecule has 0 saturated heterocycles. The van der Waals surface area contributed by atoms with Crippen LogP contribution < -0.4 is 20.6 Å². The Morgan fingerprint density at radius 2 is 1.89 bits per heavy atom. The van der Waals surface area contributed by atoms with Crippen molar-refractivity contribution in [2.45, 2.75) is 26.5 Å². The van der Waals surface area contributed by atoms with E-state index >= 15 is 0 Å². The molecular formula is C21H23N3O4. The van der Waals surface area contributed by atoms with Crippen LogP contribution >= 0.6 is 0 Å². The summed E-state index contributed by atoms with van der Waals surface area (Å²) in [5.74, 6) is 6.65. The molecule has 28 heavy (non-hydrogen) atoms. The van der Waals surface area contributed by atoms with Crippen LogP contribution in [0.1, 0.15) is 31.0 Å². The lowest BCUT2D eigenvalue weighted by molar-refractivity contribution is -0.114. The molecule has 2 amide bonds. The highest BCUT2D eigenvalue weighted by Gasteiger charge is 2.33. The average Bonchev–Trinajstić information content (AvgIpc) is 2.70. The number of rotatable bonds is 6. The van der Waals surface area contributed by atoms with Gasteiger partial charge in [-0.2, -0.15) is 0 Å². The molecule has 0 saturated carbocycles. The van der Waals surface area contributed by atoms with Gasteiger partial charge in [0.1, 0.15) is 6.61 Å². The second-order valence-corrected chi connectivity index (χ2v) is 6.49. The number of carbonyl (C=O) groups excluding carboxylic acids is 2. The maximum atomic E-state index is 12.2. The number of methoxy groups -OCH3 is 1. The van der Waals surface area contributed by atoms with E-state index in [0.717, 1.165) is 10.6 Å². The highest BCUT2D eigenvalue weighted by Crippen LogP contribution is 2.35. The molecule has 7 nitrogen and oxygen atoms in total. The standard InChI is InChI=1S/C21H23N3O4/c1-13-19(14(2)25)20(23-21(26)24(13)22)16-9-10-17(18(11-16)27-3)28-12-15-7-5-4-6-8-15/h4-11,20H,12,22H2,1-3H3,(H,23,26)/t20-/m0/s1. The van der Waals surface area contributed by atoms with Crippen LogP contribution in [0.4, 0.5) is 4.79 Å². The zero-order valence-electron chi connectivity index (χ0n) is 16.1. The number of ether oxygens (including phenoxy) is 2. The second-order valence-electron chi connectivity index (χ2n) is 6.49. The molecule has 0 unspecified atom stereocenters. The molecule has 146 valence electrons. The molecule has 0 spiro atoms. The fourth-order valence-corrected chi connectivity index (χ4v) is 3.18. The van der Waals surface area contributed by atoms with Crippen LogP contribution in [0.3, 0.4) is 0 Å². The zero-order chi connectivity index (χ0) is 20.3. The van der Waals surface area contributed by atoms with E-state index in [2.05, 4.69) is 5.32 Å².